The summed E-state index contributed by atoms with van der Waals surface area (Å²) in [6, 6.07) is 9.24. The molecular formula is C16H19NO3. The number of phenols is 1. The highest BCUT2D eigenvalue weighted by atomic mass is 16.3. The summed E-state index contributed by atoms with van der Waals surface area (Å²) in [7, 11) is 0. The molecule has 106 valence electrons. The molecule has 3 rings (SSSR count). The summed E-state index contributed by atoms with van der Waals surface area (Å²) in [6.45, 7) is -0.0157. The van der Waals surface area contributed by atoms with Gasteiger partial charge in [-0.25, -0.2) is 0 Å². The third kappa shape index (κ3) is 2.44. The van der Waals surface area contributed by atoms with E-state index in [9.17, 15) is 10.2 Å². The molecule has 3 N–H and O–H groups in total. The highest BCUT2D eigenvalue weighted by molar-refractivity contribution is 5.42. The van der Waals surface area contributed by atoms with Gasteiger partial charge in [-0.15, -0.1) is 0 Å². The van der Waals surface area contributed by atoms with Crippen LogP contribution in [-0.2, 0) is 6.42 Å². The van der Waals surface area contributed by atoms with E-state index in [0.29, 0.717) is 5.75 Å². The molecule has 0 radical (unpaired) electrons. The Morgan fingerprint density at radius 1 is 1.30 bits per heavy atom. The molecule has 20 heavy (non-hydrogen) atoms. The Labute approximate surface area is 118 Å². The Morgan fingerprint density at radius 3 is 2.95 bits per heavy atom. The van der Waals surface area contributed by atoms with E-state index in [1.807, 2.05) is 24.3 Å². The Hall–Kier alpha value is -1.78. The van der Waals surface area contributed by atoms with E-state index in [4.69, 9.17) is 4.42 Å². The molecule has 0 amide bonds. The summed E-state index contributed by atoms with van der Waals surface area (Å²) in [5, 5.41) is 22.9. The number of fused-ring (bicyclic) bond motifs is 1. The average molecular weight is 273 g/mol. The number of phenolic OH excluding ortho intramolecular Hbond substituents is 1. The van der Waals surface area contributed by atoms with Gasteiger partial charge in [0.15, 0.2) is 0 Å². The second-order valence-electron chi connectivity index (χ2n) is 5.21. The summed E-state index contributed by atoms with van der Waals surface area (Å²) in [5.74, 6) is 1.10. The van der Waals surface area contributed by atoms with Crippen LogP contribution in [0.3, 0.4) is 0 Å². The van der Waals surface area contributed by atoms with Gasteiger partial charge in [-0.05, 0) is 48.6 Å². The van der Waals surface area contributed by atoms with Crippen LogP contribution in [0, 0.1) is 0 Å². The molecule has 0 fully saturated rings. The zero-order valence-corrected chi connectivity index (χ0v) is 11.2. The maximum Gasteiger partial charge on any atom is 0.123 e. The number of rotatable bonds is 4. The predicted molar refractivity (Wildman–Crippen MR) is 75.5 cm³/mol. The number of benzene rings is 1. The molecule has 2 aromatic rings. The molecule has 4 nitrogen and oxygen atoms in total. The lowest BCUT2D eigenvalue weighted by atomic mass is 9.86. The average Bonchev–Trinajstić information content (AvgIpc) is 2.99. The molecule has 0 saturated carbocycles. The van der Waals surface area contributed by atoms with Crippen molar-refractivity contribution in [3.05, 3.63) is 53.5 Å². The maximum atomic E-state index is 9.95. The Balaban J connectivity index is 1.84. The number of nitrogens with one attached hydrogen (secondary N) is 1. The van der Waals surface area contributed by atoms with E-state index in [1.54, 1.807) is 12.3 Å². The second kappa shape index (κ2) is 5.69. The summed E-state index contributed by atoms with van der Waals surface area (Å²) >= 11 is 0. The number of furan rings is 1. The van der Waals surface area contributed by atoms with Crippen LogP contribution >= 0.6 is 0 Å². The van der Waals surface area contributed by atoms with Crippen molar-refractivity contribution < 1.29 is 14.6 Å². The lowest BCUT2D eigenvalue weighted by Gasteiger charge is -2.29. The number of aromatic hydroxyl groups is 1. The number of hydrogen-bond donors (Lipinski definition) is 3. The first kappa shape index (κ1) is 13.2. The molecule has 0 spiro atoms. The fraction of sp³-hybridized carbons (Fsp3) is 0.375. The topological polar surface area (TPSA) is 65.6 Å². The van der Waals surface area contributed by atoms with Crippen molar-refractivity contribution in [2.45, 2.75) is 31.3 Å². The highest BCUT2D eigenvalue weighted by Crippen LogP contribution is 2.35. The van der Waals surface area contributed by atoms with E-state index < -0.39 is 0 Å². The van der Waals surface area contributed by atoms with Crippen LogP contribution in [0.2, 0.25) is 0 Å². The molecule has 1 aromatic heterocycles. The molecule has 4 heteroatoms. The van der Waals surface area contributed by atoms with Crippen molar-refractivity contribution in [2.24, 2.45) is 0 Å². The van der Waals surface area contributed by atoms with Crippen LogP contribution in [0.15, 0.2) is 41.0 Å². The normalized spacial score (nSPS) is 19.6. The fourth-order valence-corrected chi connectivity index (χ4v) is 2.96. The summed E-state index contributed by atoms with van der Waals surface area (Å²) in [4.78, 5) is 0. The molecule has 1 heterocycles. The van der Waals surface area contributed by atoms with Crippen LogP contribution in [0.1, 0.15) is 41.8 Å². The smallest absolute Gasteiger partial charge is 0.123 e. The maximum absolute atomic E-state index is 9.95. The van der Waals surface area contributed by atoms with Gasteiger partial charge >= 0.3 is 0 Å². The SMILES string of the molecule is OC[C@@H](N[C@@H]1CCCc2c(O)cccc21)c1ccco1. The molecule has 0 bridgehead atoms. The molecule has 1 aliphatic rings. The minimum Gasteiger partial charge on any atom is -0.508 e. The minimum absolute atomic E-state index is 0.0157. The lowest BCUT2D eigenvalue weighted by Crippen LogP contribution is -2.31. The number of aliphatic hydroxyl groups excluding tert-OH is 1. The Kier molecular flexibility index (Phi) is 3.76. The molecule has 0 aliphatic heterocycles. The van der Waals surface area contributed by atoms with Crippen molar-refractivity contribution in [1.29, 1.82) is 0 Å². The first-order valence-corrected chi connectivity index (χ1v) is 7.00. The van der Waals surface area contributed by atoms with Crippen molar-refractivity contribution in [2.75, 3.05) is 6.61 Å². The van der Waals surface area contributed by atoms with Gasteiger partial charge in [0.05, 0.1) is 18.9 Å². The van der Waals surface area contributed by atoms with Gasteiger partial charge in [0.25, 0.3) is 0 Å². The second-order valence-corrected chi connectivity index (χ2v) is 5.21. The monoisotopic (exact) mass is 273 g/mol. The summed E-state index contributed by atoms with van der Waals surface area (Å²) in [6.07, 6.45) is 4.54. The van der Waals surface area contributed by atoms with Crippen LogP contribution in [-0.4, -0.2) is 16.8 Å². The van der Waals surface area contributed by atoms with Gasteiger partial charge in [-0.1, -0.05) is 12.1 Å². The largest absolute Gasteiger partial charge is 0.508 e. The summed E-state index contributed by atoms with van der Waals surface area (Å²) < 4.78 is 5.37. The summed E-state index contributed by atoms with van der Waals surface area (Å²) in [5.41, 5.74) is 2.15. The van der Waals surface area contributed by atoms with Gasteiger partial charge in [0.1, 0.15) is 11.5 Å². The molecule has 0 saturated heterocycles. The molecule has 2 atom stereocenters. The van der Waals surface area contributed by atoms with E-state index in [2.05, 4.69) is 5.32 Å². The van der Waals surface area contributed by atoms with Crippen LogP contribution in [0.25, 0.3) is 0 Å². The van der Waals surface area contributed by atoms with Crippen molar-refractivity contribution in [1.82, 2.24) is 5.32 Å². The van der Waals surface area contributed by atoms with Gasteiger partial charge in [0, 0.05) is 6.04 Å². The number of hydrogen-bond acceptors (Lipinski definition) is 4. The minimum atomic E-state index is -0.219. The quantitative estimate of drug-likeness (QED) is 0.801. The van der Waals surface area contributed by atoms with Crippen molar-refractivity contribution in [3.63, 3.8) is 0 Å². The Morgan fingerprint density at radius 2 is 2.20 bits per heavy atom. The third-order valence-electron chi connectivity index (χ3n) is 3.95. The van der Waals surface area contributed by atoms with Crippen LogP contribution in [0.5, 0.6) is 5.75 Å². The molecule has 1 aliphatic carbocycles. The highest BCUT2D eigenvalue weighted by Gasteiger charge is 2.25. The van der Waals surface area contributed by atoms with Crippen molar-refractivity contribution >= 4 is 0 Å². The van der Waals surface area contributed by atoms with Crippen LogP contribution < -0.4 is 5.32 Å². The number of aliphatic hydroxyl groups is 1. The molecule has 1 aromatic carbocycles. The van der Waals surface area contributed by atoms with E-state index in [0.717, 1.165) is 36.1 Å². The third-order valence-corrected chi connectivity index (χ3v) is 3.95. The van der Waals surface area contributed by atoms with E-state index >= 15 is 0 Å². The van der Waals surface area contributed by atoms with Crippen LogP contribution in [0.4, 0.5) is 0 Å². The van der Waals surface area contributed by atoms with Gasteiger partial charge in [-0.3, -0.25) is 5.32 Å². The standard InChI is InChI=1S/C16H19NO3/c18-10-14(16-8-3-9-20-16)17-13-6-1-5-12-11(13)4-2-7-15(12)19/h2-4,7-9,13-14,17-19H,1,5-6,10H2/t13-,14-/m1/s1. The van der Waals surface area contributed by atoms with E-state index in [1.165, 1.54) is 0 Å². The van der Waals surface area contributed by atoms with Gasteiger partial charge in [0.2, 0.25) is 0 Å². The van der Waals surface area contributed by atoms with Gasteiger partial charge in [-0.2, -0.15) is 0 Å². The predicted octanol–water partition coefficient (Wildman–Crippen LogP) is 2.69. The van der Waals surface area contributed by atoms with Gasteiger partial charge < -0.3 is 14.6 Å². The van der Waals surface area contributed by atoms with E-state index in [-0.39, 0.29) is 18.7 Å². The molecule has 0 unspecified atom stereocenters. The fourth-order valence-electron chi connectivity index (χ4n) is 2.96. The zero-order chi connectivity index (χ0) is 13.9. The molecular weight excluding hydrogens is 254 g/mol. The van der Waals surface area contributed by atoms with Crippen molar-refractivity contribution in [3.8, 4) is 5.75 Å². The lowest BCUT2D eigenvalue weighted by molar-refractivity contribution is 0.210. The zero-order valence-electron chi connectivity index (χ0n) is 11.2. The Bertz CT molecular complexity index is 565. The first-order valence-electron chi connectivity index (χ1n) is 7.00. The first-order chi connectivity index (χ1) is 9.79.